The van der Waals surface area contributed by atoms with Crippen LogP contribution >= 0.6 is 0 Å². The molecule has 1 aliphatic carbocycles. The quantitative estimate of drug-likeness (QED) is 0.226. The topological polar surface area (TPSA) is 143 Å². The van der Waals surface area contributed by atoms with Crippen molar-refractivity contribution in [2.45, 2.75) is 45.4 Å². The summed E-state index contributed by atoms with van der Waals surface area (Å²) in [5.41, 5.74) is 7.50. The van der Waals surface area contributed by atoms with Gasteiger partial charge in [0.1, 0.15) is 12.0 Å². The predicted octanol–water partition coefficient (Wildman–Crippen LogP) is 3.70. The van der Waals surface area contributed by atoms with E-state index in [9.17, 15) is 0 Å². The molecule has 1 saturated carbocycles. The molecule has 0 spiro atoms. The summed E-state index contributed by atoms with van der Waals surface area (Å²) in [4.78, 5) is 15.2. The Hall–Kier alpha value is -3.11. The Morgan fingerprint density at radius 1 is 1.32 bits per heavy atom. The summed E-state index contributed by atoms with van der Waals surface area (Å²) in [5.74, 6) is 4.00. The smallest absolute Gasteiger partial charge is 0.324 e. The van der Waals surface area contributed by atoms with Crippen molar-refractivity contribution >= 4 is 24.0 Å². The first kappa shape index (κ1) is 21.1. The highest BCUT2D eigenvalue weighted by Crippen LogP contribution is 2.49. The van der Waals surface area contributed by atoms with E-state index in [0.29, 0.717) is 17.7 Å². The molecule has 11 nitrogen and oxygen atoms in total. The SMILES string of the molecule is CC(C)c1noc(N2CCC([C@@H]3C[C@H]3CCNc3ncc(N(C=N)N=N)cn3)CC2)n1. The lowest BCUT2D eigenvalue weighted by Crippen LogP contribution is -2.34. The lowest BCUT2D eigenvalue weighted by atomic mass is 9.90. The van der Waals surface area contributed by atoms with E-state index in [-0.39, 0.29) is 5.92 Å². The molecule has 31 heavy (non-hydrogen) atoms. The van der Waals surface area contributed by atoms with E-state index in [1.807, 2.05) is 0 Å². The minimum Gasteiger partial charge on any atom is -0.354 e. The van der Waals surface area contributed by atoms with E-state index >= 15 is 0 Å². The summed E-state index contributed by atoms with van der Waals surface area (Å²) >= 11 is 0. The van der Waals surface area contributed by atoms with Gasteiger partial charge >= 0.3 is 6.01 Å². The van der Waals surface area contributed by atoms with Crippen molar-refractivity contribution in [1.82, 2.24) is 20.1 Å². The minimum absolute atomic E-state index is 0.286. The van der Waals surface area contributed by atoms with Crippen LogP contribution in [0.15, 0.2) is 22.1 Å². The van der Waals surface area contributed by atoms with E-state index in [4.69, 9.17) is 15.5 Å². The van der Waals surface area contributed by atoms with Crippen molar-refractivity contribution in [3.63, 3.8) is 0 Å². The Balaban J connectivity index is 1.17. The monoisotopic (exact) mass is 426 g/mol. The van der Waals surface area contributed by atoms with E-state index < -0.39 is 0 Å². The van der Waals surface area contributed by atoms with Gasteiger partial charge in [0.25, 0.3) is 0 Å². The van der Waals surface area contributed by atoms with Gasteiger partial charge in [0.2, 0.25) is 5.95 Å². The lowest BCUT2D eigenvalue weighted by molar-refractivity contribution is 0.325. The van der Waals surface area contributed by atoms with Gasteiger partial charge in [-0.25, -0.2) is 15.0 Å². The van der Waals surface area contributed by atoms with Gasteiger partial charge in [-0.2, -0.15) is 10.5 Å². The van der Waals surface area contributed by atoms with Crippen molar-refractivity contribution in [3.8, 4) is 0 Å². The maximum Gasteiger partial charge on any atom is 0.324 e. The van der Waals surface area contributed by atoms with Gasteiger partial charge in [-0.3, -0.25) is 5.41 Å². The fourth-order valence-electron chi connectivity index (χ4n) is 4.35. The zero-order valence-electron chi connectivity index (χ0n) is 18.0. The van der Waals surface area contributed by atoms with Crippen LogP contribution < -0.4 is 15.2 Å². The molecule has 0 unspecified atom stereocenters. The number of anilines is 3. The molecule has 0 bridgehead atoms. The zero-order chi connectivity index (χ0) is 21.8. The Kier molecular flexibility index (Phi) is 6.38. The first-order chi connectivity index (χ1) is 15.1. The van der Waals surface area contributed by atoms with Crippen molar-refractivity contribution in [3.05, 3.63) is 18.2 Å². The van der Waals surface area contributed by atoms with Crippen LogP contribution in [0, 0.1) is 28.7 Å². The van der Waals surface area contributed by atoms with E-state index in [0.717, 1.165) is 61.0 Å². The molecule has 2 aromatic heterocycles. The van der Waals surface area contributed by atoms with Gasteiger partial charge in [0.15, 0.2) is 5.82 Å². The summed E-state index contributed by atoms with van der Waals surface area (Å²) in [6.07, 6.45) is 8.85. The summed E-state index contributed by atoms with van der Waals surface area (Å²) < 4.78 is 5.44. The van der Waals surface area contributed by atoms with Crippen LogP contribution in [0.5, 0.6) is 0 Å². The molecule has 4 rings (SSSR count). The van der Waals surface area contributed by atoms with Crippen LogP contribution in [-0.4, -0.2) is 46.1 Å². The van der Waals surface area contributed by atoms with Crippen LogP contribution in [0.3, 0.4) is 0 Å². The molecule has 2 atom stereocenters. The first-order valence-electron chi connectivity index (χ1n) is 10.9. The number of nitrogens with zero attached hydrogens (tertiary/aromatic N) is 7. The number of hydrogen-bond acceptors (Lipinski definition) is 10. The summed E-state index contributed by atoms with van der Waals surface area (Å²) in [6.45, 7) is 6.97. The molecule has 0 radical (unpaired) electrons. The van der Waals surface area contributed by atoms with Crippen LogP contribution in [0.2, 0.25) is 0 Å². The van der Waals surface area contributed by atoms with Crippen LogP contribution in [0.1, 0.15) is 51.3 Å². The maximum absolute atomic E-state index is 7.19. The second kappa shape index (κ2) is 9.36. The standard InChI is InChI=1S/C20H30N10O/c1-13(2)18-26-20(31-27-18)29-7-4-14(5-8-29)17-9-15(17)3-6-23-19-24-10-16(11-25-19)30(12-21)28-22/h10-15,17,21-22H,3-9H2,1-2H3,(H,23,24,25)/t15-,17+/m1/s1. The van der Waals surface area contributed by atoms with Gasteiger partial charge in [0.05, 0.1) is 12.4 Å². The third kappa shape index (κ3) is 4.97. The van der Waals surface area contributed by atoms with Crippen molar-refractivity contribution < 1.29 is 4.52 Å². The zero-order valence-corrected chi connectivity index (χ0v) is 18.0. The highest BCUT2D eigenvalue weighted by molar-refractivity contribution is 5.74. The number of rotatable bonds is 10. The predicted molar refractivity (Wildman–Crippen MR) is 116 cm³/mol. The number of aromatic nitrogens is 4. The average Bonchev–Trinajstić information content (AvgIpc) is 3.38. The van der Waals surface area contributed by atoms with Gasteiger partial charge in [-0.1, -0.05) is 24.2 Å². The van der Waals surface area contributed by atoms with E-state index in [1.54, 1.807) is 12.4 Å². The molecule has 3 N–H and O–H groups in total. The van der Waals surface area contributed by atoms with Crippen molar-refractivity contribution in [1.29, 1.82) is 10.9 Å². The fraction of sp³-hybridized carbons (Fsp3) is 0.650. The summed E-state index contributed by atoms with van der Waals surface area (Å²) in [6, 6.07) is 0.671. The average molecular weight is 427 g/mol. The summed E-state index contributed by atoms with van der Waals surface area (Å²) in [5, 5.41) is 18.8. The third-order valence-corrected chi connectivity index (χ3v) is 6.27. The fourth-order valence-corrected chi connectivity index (χ4v) is 4.35. The van der Waals surface area contributed by atoms with E-state index in [1.165, 1.54) is 19.3 Å². The van der Waals surface area contributed by atoms with Crippen LogP contribution in [0.25, 0.3) is 0 Å². The first-order valence-corrected chi connectivity index (χ1v) is 10.9. The van der Waals surface area contributed by atoms with Crippen LogP contribution in [0.4, 0.5) is 17.7 Å². The highest BCUT2D eigenvalue weighted by Gasteiger charge is 2.43. The molecule has 0 aromatic carbocycles. The van der Waals surface area contributed by atoms with Crippen LogP contribution in [-0.2, 0) is 0 Å². The highest BCUT2D eigenvalue weighted by atomic mass is 16.5. The summed E-state index contributed by atoms with van der Waals surface area (Å²) in [7, 11) is 0. The molecule has 2 fully saturated rings. The van der Waals surface area contributed by atoms with E-state index in [2.05, 4.69) is 49.4 Å². The number of hydrogen-bond donors (Lipinski definition) is 3. The van der Waals surface area contributed by atoms with Gasteiger partial charge < -0.3 is 14.7 Å². The molecule has 1 saturated heterocycles. The third-order valence-electron chi connectivity index (χ3n) is 6.27. The number of nitrogens with one attached hydrogen (secondary N) is 3. The lowest BCUT2D eigenvalue weighted by Gasteiger charge is -2.30. The second-order valence-electron chi connectivity index (χ2n) is 8.63. The minimum atomic E-state index is 0.286. The molecular weight excluding hydrogens is 396 g/mol. The molecule has 11 heteroatoms. The molecule has 0 amide bonds. The molecule has 2 aromatic rings. The Morgan fingerprint density at radius 3 is 2.68 bits per heavy atom. The second-order valence-corrected chi connectivity index (χ2v) is 8.63. The molecule has 2 aliphatic rings. The normalized spacial score (nSPS) is 21.2. The molecule has 1 aliphatic heterocycles. The van der Waals surface area contributed by atoms with Gasteiger partial charge in [-0.05, 0) is 43.4 Å². The van der Waals surface area contributed by atoms with Gasteiger partial charge in [-0.15, -0.1) is 0 Å². The number of piperidine rings is 1. The van der Waals surface area contributed by atoms with Crippen molar-refractivity contribution in [2.24, 2.45) is 23.0 Å². The Bertz CT molecular complexity index is 866. The molecule has 3 heterocycles. The van der Waals surface area contributed by atoms with Gasteiger partial charge in [0, 0.05) is 25.6 Å². The molecule has 166 valence electrons. The maximum atomic E-state index is 7.19. The Labute approximate surface area is 181 Å². The van der Waals surface area contributed by atoms with Crippen molar-refractivity contribution in [2.75, 3.05) is 34.9 Å². The Morgan fingerprint density at radius 2 is 2.06 bits per heavy atom. The largest absolute Gasteiger partial charge is 0.354 e. The molecular formula is C20H30N10O.